The number of phenols is 1. The minimum Gasteiger partial charge on any atom is -0.505 e. The second kappa shape index (κ2) is 19.4. The van der Waals surface area contributed by atoms with Gasteiger partial charge in [-0.25, -0.2) is 31.9 Å². The lowest BCUT2D eigenvalue weighted by atomic mass is 10.1. The van der Waals surface area contributed by atoms with E-state index in [0.717, 1.165) is 24.6 Å². The number of carbonyl (C=O) groups excluding carboxylic acids is 3. The van der Waals surface area contributed by atoms with Crippen LogP contribution < -0.4 is 10.1 Å². The van der Waals surface area contributed by atoms with Gasteiger partial charge in [-0.1, -0.05) is 13.8 Å². The van der Waals surface area contributed by atoms with Crippen LogP contribution in [-0.4, -0.2) is 102 Å². The van der Waals surface area contributed by atoms with E-state index < -0.39 is 71.7 Å². The fraction of sp³-hybridized carbons (Fsp3) is 0.559. The molecule has 0 bridgehead atoms. The molecule has 0 aromatic heterocycles. The minimum absolute atomic E-state index is 0. The van der Waals surface area contributed by atoms with Crippen LogP contribution in [0.5, 0.6) is 11.5 Å². The van der Waals surface area contributed by atoms with E-state index in [9.17, 15) is 37.1 Å². The molecule has 17 heteroatoms. The van der Waals surface area contributed by atoms with Crippen LogP contribution in [-0.2, 0) is 27.4 Å². The van der Waals surface area contributed by atoms with E-state index in [1.54, 1.807) is 25.7 Å². The van der Waals surface area contributed by atoms with Crippen molar-refractivity contribution >= 4 is 30.7 Å². The number of ether oxygens (including phenoxy) is 4. The van der Waals surface area contributed by atoms with E-state index in [-0.39, 0.29) is 55.4 Å². The number of hydrogen-bond donors (Lipinski definition) is 2. The van der Waals surface area contributed by atoms with E-state index >= 15 is 0 Å². The average molecular weight is 751 g/mol. The summed E-state index contributed by atoms with van der Waals surface area (Å²) < 4.78 is 75.5. The maximum atomic E-state index is 14.0. The average Bonchev–Trinajstić information content (AvgIpc) is 3.08. The third kappa shape index (κ3) is 11.7. The Bertz CT molecular complexity index is 1500. The van der Waals surface area contributed by atoms with E-state index in [1.165, 1.54) is 23.0 Å². The fourth-order valence-corrected chi connectivity index (χ4v) is 5.32. The number of benzene rings is 2. The predicted octanol–water partition coefficient (Wildman–Crippen LogP) is 6.35. The minimum atomic E-state index is -1.16. The number of hydrogen-bond acceptors (Lipinski definition) is 9. The highest BCUT2D eigenvalue weighted by Crippen LogP contribution is 2.25. The monoisotopic (exact) mass is 750 g/mol. The van der Waals surface area contributed by atoms with Gasteiger partial charge in [0.25, 0.3) is 0 Å². The number of carbonyl (C=O) groups is 3. The van der Waals surface area contributed by atoms with Gasteiger partial charge in [0.1, 0.15) is 30.4 Å². The molecule has 2 heterocycles. The first-order valence-electron chi connectivity index (χ1n) is 16.3. The summed E-state index contributed by atoms with van der Waals surface area (Å²) in [5.41, 5.74) is -1.45. The normalized spacial score (nSPS) is 17.4. The maximum Gasteiger partial charge on any atom is 0.410 e. The van der Waals surface area contributed by atoms with Crippen molar-refractivity contribution in [3.8, 4) is 11.5 Å². The van der Waals surface area contributed by atoms with E-state index in [2.05, 4.69) is 5.32 Å². The smallest absolute Gasteiger partial charge is 0.410 e. The van der Waals surface area contributed by atoms with Crippen LogP contribution in [0.3, 0.4) is 0 Å². The van der Waals surface area contributed by atoms with E-state index in [4.69, 9.17) is 18.9 Å². The van der Waals surface area contributed by atoms with Crippen LogP contribution in [0.1, 0.15) is 58.6 Å². The lowest BCUT2D eigenvalue weighted by molar-refractivity contribution is 0.000522. The molecule has 2 aromatic carbocycles. The molecule has 0 unspecified atom stereocenters. The van der Waals surface area contributed by atoms with Gasteiger partial charge >= 0.3 is 18.3 Å². The second-order valence-electron chi connectivity index (χ2n) is 12.7. The van der Waals surface area contributed by atoms with Gasteiger partial charge in [0.05, 0.1) is 24.3 Å². The first-order chi connectivity index (χ1) is 23.6. The molecule has 286 valence electrons. The summed E-state index contributed by atoms with van der Waals surface area (Å²) in [6, 6.07) is 3.79. The van der Waals surface area contributed by atoms with Gasteiger partial charge in [-0.2, -0.15) is 0 Å². The number of piperazine rings is 2. The predicted molar refractivity (Wildman–Crippen MR) is 181 cm³/mol. The van der Waals surface area contributed by atoms with Crippen LogP contribution in [0, 0.1) is 23.3 Å². The summed E-state index contributed by atoms with van der Waals surface area (Å²) in [4.78, 5) is 41.3. The Labute approximate surface area is 301 Å². The van der Waals surface area contributed by atoms with Crippen molar-refractivity contribution in [1.29, 1.82) is 0 Å². The zero-order chi connectivity index (χ0) is 37.2. The number of rotatable bonds is 7. The Kier molecular flexibility index (Phi) is 16.4. The molecule has 51 heavy (non-hydrogen) atoms. The molecule has 2 saturated heterocycles. The Morgan fingerprint density at radius 3 is 1.92 bits per heavy atom. The Hall–Kier alpha value is -4.18. The molecule has 0 saturated carbocycles. The van der Waals surface area contributed by atoms with Crippen molar-refractivity contribution in [2.75, 3.05) is 46.4 Å². The summed E-state index contributed by atoms with van der Waals surface area (Å²) in [5.74, 6) is -4.48. The number of aromatic hydroxyl groups is 1. The highest BCUT2D eigenvalue weighted by molar-refractivity contribution is 5.85. The van der Waals surface area contributed by atoms with Crippen molar-refractivity contribution in [2.45, 2.75) is 78.4 Å². The van der Waals surface area contributed by atoms with E-state index in [1.807, 2.05) is 13.8 Å². The lowest BCUT2D eigenvalue weighted by Gasteiger charge is -2.40. The first-order valence-corrected chi connectivity index (χ1v) is 16.3. The quantitative estimate of drug-likeness (QED) is 0.246. The van der Waals surface area contributed by atoms with Crippen molar-refractivity contribution in [3.63, 3.8) is 0 Å². The number of nitrogens with zero attached hydrogens (tertiary/aromatic N) is 3. The van der Waals surface area contributed by atoms with Gasteiger partial charge in [0, 0.05) is 45.3 Å². The topological polar surface area (TPSA) is 130 Å². The molecule has 2 fully saturated rings. The molecule has 2 N–H and O–H groups in total. The molecule has 4 rings (SSSR count). The fourth-order valence-electron chi connectivity index (χ4n) is 5.32. The van der Waals surface area contributed by atoms with Gasteiger partial charge < -0.3 is 44.1 Å². The summed E-state index contributed by atoms with van der Waals surface area (Å²) in [7, 11) is 1.29. The lowest BCUT2D eigenvalue weighted by Crippen LogP contribution is -2.57. The third-order valence-electron chi connectivity index (χ3n) is 8.11. The first kappa shape index (κ1) is 43.0. The molecular formula is C34H47ClF4N4O8. The summed E-state index contributed by atoms with van der Waals surface area (Å²) >= 11 is 0. The van der Waals surface area contributed by atoms with Crippen molar-refractivity contribution in [1.82, 2.24) is 20.0 Å². The van der Waals surface area contributed by atoms with E-state index in [0.29, 0.717) is 26.1 Å². The molecular weight excluding hydrogens is 704 g/mol. The van der Waals surface area contributed by atoms with Gasteiger partial charge in [-0.15, -0.1) is 12.4 Å². The van der Waals surface area contributed by atoms with Crippen LogP contribution in [0.4, 0.5) is 31.9 Å². The Balaban J connectivity index is 0.000000356. The highest BCUT2D eigenvalue weighted by Gasteiger charge is 2.34. The largest absolute Gasteiger partial charge is 0.505 e. The second-order valence-corrected chi connectivity index (χ2v) is 12.7. The van der Waals surface area contributed by atoms with Crippen molar-refractivity contribution in [3.05, 3.63) is 58.7 Å². The zero-order valence-corrected chi connectivity index (χ0v) is 30.4. The molecule has 2 aliphatic rings. The van der Waals surface area contributed by atoms with Crippen LogP contribution in [0.2, 0.25) is 0 Å². The molecule has 2 atom stereocenters. The molecule has 3 amide bonds. The number of phenolic OH excluding ortho intramolecular Hbond substituents is 1. The van der Waals surface area contributed by atoms with Crippen LogP contribution in [0.25, 0.3) is 0 Å². The molecule has 2 aliphatic heterocycles. The van der Waals surface area contributed by atoms with Gasteiger partial charge in [0.15, 0.2) is 23.1 Å². The van der Waals surface area contributed by atoms with Gasteiger partial charge in [-0.05, 0) is 57.9 Å². The van der Waals surface area contributed by atoms with Crippen LogP contribution >= 0.6 is 12.4 Å². The summed E-state index contributed by atoms with van der Waals surface area (Å²) in [6.45, 7) is 10.7. The molecule has 2 aromatic rings. The van der Waals surface area contributed by atoms with Crippen molar-refractivity contribution < 1.29 is 56.0 Å². The van der Waals surface area contributed by atoms with Gasteiger partial charge in [-0.3, -0.25) is 0 Å². The SMILES string of the molecule is CC[C@@H]1CN(C(=O)OC(C)(C)C)CCN1C(=O)OCc1c(F)ccc(O)c1F.CC[C@@H]1CNCCN1C(=O)OCc1c(F)ccc(OC)c1F.Cl. The van der Waals surface area contributed by atoms with Crippen LogP contribution in [0.15, 0.2) is 24.3 Å². The third-order valence-corrected chi connectivity index (χ3v) is 8.11. The Morgan fingerprint density at radius 2 is 1.37 bits per heavy atom. The number of halogens is 5. The summed E-state index contributed by atoms with van der Waals surface area (Å²) in [6.07, 6.45) is -0.414. The number of nitrogens with one attached hydrogen (secondary N) is 1. The summed E-state index contributed by atoms with van der Waals surface area (Å²) in [5, 5.41) is 12.5. The molecule has 0 radical (unpaired) electrons. The molecule has 0 aliphatic carbocycles. The number of amides is 3. The molecule has 0 spiro atoms. The zero-order valence-electron chi connectivity index (χ0n) is 29.6. The van der Waals surface area contributed by atoms with Crippen molar-refractivity contribution in [2.24, 2.45) is 0 Å². The maximum absolute atomic E-state index is 14.0. The van der Waals surface area contributed by atoms with Gasteiger partial charge in [0.2, 0.25) is 0 Å². The standard InChI is InChI=1S/C19H26F2N2O5.C15H20F2N2O3.ClH/c1-5-12-10-22(17(25)28-19(2,3)4)8-9-23(12)18(26)27-11-13-14(20)6-7-15(24)16(13)21;1-3-10-8-18-6-7-19(10)15(20)22-9-11-12(16)4-5-13(21-2)14(11)17;/h6-7,12,24H,5,8-11H2,1-4H3;4-5,10,18H,3,6-9H2,1-2H3;1H/t12-;10-;/m11./s1. The highest BCUT2D eigenvalue weighted by atomic mass is 35.5. The number of methoxy groups -OCH3 is 1. The molecule has 12 nitrogen and oxygen atoms in total. The Morgan fingerprint density at radius 1 is 0.824 bits per heavy atom.